The first-order valence-corrected chi connectivity index (χ1v) is 12.6. The van der Waals surface area contributed by atoms with Crippen molar-refractivity contribution in [3.8, 4) is 0 Å². The van der Waals surface area contributed by atoms with Gasteiger partial charge in [0.15, 0.2) is 5.78 Å². The molecule has 38 heavy (non-hydrogen) atoms. The quantitative estimate of drug-likeness (QED) is 0.443. The second-order valence-corrected chi connectivity index (χ2v) is 9.90. The first-order valence-electron chi connectivity index (χ1n) is 11.8. The number of carbonyl (C=O) groups is 2. The number of fused-ring (bicyclic) bond motifs is 3. The predicted octanol–water partition coefficient (Wildman–Crippen LogP) is 6.05. The smallest absolute Gasteiger partial charge is 0.373 e. The van der Waals surface area contributed by atoms with Crippen molar-refractivity contribution >= 4 is 40.6 Å². The summed E-state index contributed by atoms with van der Waals surface area (Å²) in [4.78, 5) is 28.6. The number of hydrogen-bond acceptors (Lipinski definition) is 5. The standard InChI is InChI=1S/C27H22Cl2F3N3O3/c28-22-7-4-16(27(30,31)32)10-21(22)26(37)34-17-5-6-19(23(29)11-17)25(36)20-3-1-2-15-12-33-13-18-14-38-9-8-35(18)24(15)20/h1-2,4-7,10-13,20,24,33H,3,8-9,14H2,(H,34,37). The molecular weight excluding hydrogens is 542 g/mol. The van der Waals surface area contributed by atoms with E-state index in [0.717, 1.165) is 23.4 Å². The molecule has 1 saturated heterocycles. The van der Waals surface area contributed by atoms with Gasteiger partial charge in [0.1, 0.15) is 0 Å². The van der Waals surface area contributed by atoms with Crippen LogP contribution in [-0.2, 0) is 10.9 Å². The van der Waals surface area contributed by atoms with Crippen LogP contribution in [0.25, 0.3) is 0 Å². The molecule has 0 saturated carbocycles. The van der Waals surface area contributed by atoms with E-state index >= 15 is 0 Å². The second-order valence-electron chi connectivity index (χ2n) is 9.09. The monoisotopic (exact) mass is 563 g/mol. The molecule has 1 aliphatic carbocycles. The van der Waals surface area contributed by atoms with E-state index < -0.39 is 23.6 Å². The Labute approximate surface area is 226 Å². The number of rotatable bonds is 4. The van der Waals surface area contributed by atoms with E-state index in [1.807, 2.05) is 24.6 Å². The Bertz CT molecular complexity index is 1390. The lowest BCUT2D eigenvalue weighted by molar-refractivity contribution is -0.137. The van der Waals surface area contributed by atoms with Crippen LogP contribution in [0, 0.1) is 5.92 Å². The van der Waals surface area contributed by atoms with Gasteiger partial charge >= 0.3 is 6.18 Å². The minimum Gasteiger partial charge on any atom is -0.373 e. The lowest BCUT2D eigenvalue weighted by atomic mass is 9.79. The van der Waals surface area contributed by atoms with Crippen LogP contribution in [0.5, 0.6) is 0 Å². The molecule has 2 aromatic rings. The average molecular weight is 564 g/mol. The summed E-state index contributed by atoms with van der Waals surface area (Å²) in [7, 11) is 0. The predicted molar refractivity (Wildman–Crippen MR) is 138 cm³/mol. The molecule has 5 rings (SSSR count). The number of amides is 1. The Hall–Kier alpha value is -3.27. The van der Waals surface area contributed by atoms with Gasteiger partial charge < -0.3 is 20.3 Å². The third-order valence-electron chi connectivity index (χ3n) is 6.72. The van der Waals surface area contributed by atoms with Gasteiger partial charge in [-0.05, 0) is 48.4 Å². The van der Waals surface area contributed by atoms with Gasteiger partial charge in [0.05, 0.1) is 52.0 Å². The number of carbonyl (C=O) groups excluding carboxylic acids is 2. The van der Waals surface area contributed by atoms with Crippen molar-refractivity contribution in [1.82, 2.24) is 10.2 Å². The number of halogens is 5. The molecule has 1 amide bonds. The molecule has 11 heteroatoms. The highest BCUT2D eigenvalue weighted by molar-refractivity contribution is 6.35. The van der Waals surface area contributed by atoms with Crippen molar-refractivity contribution in [3.63, 3.8) is 0 Å². The van der Waals surface area contributed by atoms with Crippen LogP contribution in [0.1, 0.15) is 32.7 Å². The Morgan fingerprint density at radius 3 is 2.63 bits per heavy atom. The molecule has 2 atom stereocenters. The third kappa shape index (κ3) is 5.18. The number of anilines is 1. The molecule has 0 aromatic heterocycles. The fourth-order valence-electron chi connectivity index (χ4n) is 4.90. The van der Waals surface area contributed by atoms with Gasteiger partial charge in [0.2, 0.25) is 0 Å². The van der Waals surface area contributed by atoms with Crippen molar-refractivity contribution in [2.24, 2.45) is 5.92 Å². The number of ether oxygens (including phenoxy) is 1. The van der Waals surface area contributed by atoms with E-state index in [4.69, 9.17) is 27.9 Å². The maximum atomic E-state index is 13.7. The Kier molecular flexibility index (Phi) is 7.26. The van der Waals surface area contributed by atoms with Gasteiger partial charge in [-0.25, -0.2) is 0 Å². The van der Waals surface area contributed by atoms with Gasteiger partial charge in [-0.2, -0.15) is 13.2 Å². The van der Waals surface area contributed by atoms with E-state index in [1.165, 1.54) is 18.2 Å². The van der Waals surface area contributed by atoms with E-state index in [-0.39, 0.29) is 38.7 Å². The molecule has 0 radical (unpaired) electrons. The fraction of sp³-hybridized carbons (Fsp3) is 0.259. The summed E-state index contributed by atoms with van der Waals surface area (Å²) >= 11 is 12.5. The van der Waals surface area contributed by atoms with Crippen molar-refractivity contribution in [2.75, 3.05) is 25.1 Å². The zero-order valence-corrected chi connectivity index (χ0v) is 21.3. The van der Waals surface area contributed by atoms with Crippen molar-refractivity contribution in [2.45, 2.75) is 18.6 Å². The Morgan fingerprint density at radius 1 is 1.05 bits per heavy atom. The number of allylic oxidation sites excluding steroid dienone is 1. The van der Waals surface area contributed by atoms with Crippen LogP contribution >= 0.6 is 23.2 Å². The summed E-state index contributed by atoms with van der Waals surface area (Å²) in [6, 6.07) is 6.72. The molecule has 1 fully saturated rings. The van der Waals surface area contributed by atoms with Gasteiger partial charge in [0, 0.05) is 30.2 Å². The Morgan fingerprint density at radius 2 is 1.87 bits per heavy atom. The summed E-state index contributed by atoms with van der Waals surface area (Å²) in [5, 5.41) is 5.67. The second kappa shape index (κ2) is 10.5. The van der Waals surface area contributed by atoms with E-state index in [9.17, 15) is 22.8 Å². The Balaban J connectivity index is 1.37. The maximum absolute atomic E-state index is 13.7. The number of alkyl halides is 3. The number of benzene rings is 2. The van der Waals surface area contributed by atoms with Crippen LogP contribution in [-0.4, -0.2) is 42.4 Å². The number of morpholine rings is 1. The number of Topliss-reactive ketones (excluding diaryl/α,β-unsaturated/α-hetero) is 1. The highest BCUT2D eigenvalue weighted by atomic mass is 35.5. The largest absolute Gasteiger partial charge is 0.416 e. The molecular formula is C27H22Cl2F3N3O3. The van der Waals surface area contributed by atoms with Crippen molar-refractivity contribution in [1.29, 1.82) is 0 Å². The number of nitrogens with zero attached hydrogens (tertiary/aromatic N) is 1. The van der Waals surface area contributed by atoms with Crippen molar-refractivity contribution in [3.05, 3.63) is 99.0 Å². The molecule has 0 spiro atoms. The van der Waals surface area contributed by atoms with Crippen LogP contribution in [0.2, 0.25) is 10.0 Å². The number of ketones is 1. The van der Waals surface area contributed by atoms with Crippen LogP contribution in [0.4, 0.5) is 18.9 Å². The lowest BCUT2D eigenvalue weighted by Crippen LogP contribution is -2.48. The number of hydrogen-bond donors (Lipinski definition) is 2. The normalized spacial score (nSPS) is 20.8. The molecule has 0 bridgehead atoms. The molecule has 3 aliphatic rings. The van der Waals surface area contributed by atoms with Crippen LogP contribution in [0.3, 0.4) is 0 Å². The van der Waals surface area contributed by atoms with Gasteiger partial charge in [-0.3, -0.25) is 9.59 Å². The van der Waals surface area contributed by atoms with E-state index in [2.05, 4.69) is 15.5 Å². The molecule has 198 valence electrons. The molecule has 2 aromatic carbocycles. The average Bonchev–Trinajstić information content (AvgIpc) is 3.07. The lowest BCUT2D eigenvalue weighted by Gasteiger charge is -2.42. The first kappa shape index (κ1) is 26.3. The summed E-state index contributed by atoms with van der Waals surface area (Å²) < 4.78 is 44.8. The zero-order valence-electron chi connectivity index (χ0n) is 19.8. The summed E-state index contributed by atoms with van der Waals surface area (Å²) in [5.74, 6) is -1.39. The van der Waals surface area contributed by atoms with Gasteiger partial charge in [-0.15, -0.1) is 0 Å². The van der Waals surface area contributed by atoms with E-state index in [0.29, 0.717) is 32.2 Å². The van der Waals surface area contributed by atoms with Crippen LogP contribution in [0.15, 0.2) is 72.2 Å². The molecule has 2 aliphatic heterocycles. The van der Waals surface area contributed by atoms with E-state index in [1.54, 1.807) is 0 Å². The molecule has 2 N–H and O–H groups in total. The first-order chi connectivity index (χ1) is 18.1. The topological polar surface area (TPSA) is 70.7 Å². The summed E-state index contributed by atoms with van der Waals surface area (Å²) in [6.07, 6.45) is 3.62. The van der Waals surface area contributed by atoms with Crippen LogP contribution < -0.4 is 10.6 Å². The molecule has 2 heterocycles. The number of nitrogens with one attached hydrogen (secondary N) is 2. The SMILES string of the molecule is O=C(Nc1ccc(C(=O)C2CC=CC3=CNC=C4COCCN4C32)c(Cl)c1)c1cc(C(F)(F)F)ccc1Cl. The summed E-state index contributed by atoms with van der Waals surface area (Å²) in [5.41, 5.74) is 1.11. The minimum absolute atomic E-state index is 0.118. The maximum Gasteiger partial charge on any atom is 0.416 e. The van der Waals surface area contributed by atoms with Gasteiger partial charge in [-0.1, -0.05) is 35.4 Å². The van der Waals surface area contributed by atoms with Crippen molar-refractivity contribution < 1.29 is 27.5 Å². The minimum atomic E-state index is -4.63. The summed E-state index contributed by atoms with van der Waals surface area (Å²) in [6.45, 7) is 1.64. The van der Waals surface area contributed by atoms with Gasteiger partial charge in [0.25, 0.3) is 5.91 Å². The third-order valence-corrected chi connectivity index (χ3v) is 7.36. The molecule has 6 nitrogen and oxygen atoms in total. The highest BCUT2D eigenvalue weighted by Crippen LogP contribution is 2.37. The highest BCUT2D eigenvalue weighted by Gasteiger charge is 2.39. The zero-order chi connectivity index (χ0) is 27.0. The molecule has 2 unspecified atom stereocenters. The fourth-order valence-corrected chi connectivity index (χ4v) is 5.38.